The Morgan fingerprint density at radius 2 is 2.24 bits per heavy atom. The fourth-order valence-corrected chi connectivity index (χ4v) is 1.94. The number of rotatable bonds is 8. The van der Waals surface area contributed by atoms with Crippen LogP contribution in [0.3, 0.4) is 0 Å². The van der Waals surface area contributed by atoms with E-state index in [0.29, 0.717) is 5.92 Å². The summed E-state index contributed by atoms with van der Waals surface area (Å²) in [5, 5.41) is 3.43. The van der Waals surface area contributed by atoms with Crippen LogP contribution in [0.1, 0.15) is 26.7 Å². The Morgan fingerprint density at radius 3 is 2.94 bits per heavy atom. The molecule has 0 heterocycles. The lowest BCUT2D eigenvalue weighted by Crippen LogP contribution is -2.23. The molecule has 2 nitrogen and oxygen atoms in total. The minimum atomic E-state index is 0.661. The van der Waals surface area contributed by atoms with Crippen LogP contribution in [0, 0.1) is 5.92 Å². The fourth-order valence-electron chi connectivity index (χ4n) is 1.56. The summed E-state index contributed by atoms with van der Waals surface area (Å²) < 4.78 is 6.77. The van der Waals surface area contributed by atoms with Crippen LogP contribution in [0.2, 0.25) is 0 Å². The molecule has 0 amide bonds. The molecule has 1 atom stereocenters. The number of ether oxygens (including phenoxy) is 1. The molecule has 0 bridgehead atoms. The minimum absolute atomic E-state index is 0.661. The Hall–Kier alpha value is -0.540. The van der Waals surface area contributed by atoms with Gasteiger partial charge in [0.1, 0.15) is 5.75 Å². The van der Waals surface area contributed by atoms with Gasteiger partial charge in [0.05, 0.1) is 6.61 Å². The summed E-state index contributed by atoms with van der Waals surface area (Å²) in [5.41, 5.74) is 0. The number of hydrogen-bond acceptors (Lipinski definition) is 2. The molecule has 0 saturated heterocycles. The SMILES string of the molecule is CCCNCC(C)CCOc1cccc(Br)c1. The normalized spacial score (nSPS) is 12.4. The van der Waals surface area contributed by atoms with E-state index >= 15 is 0 Å². The second-order valence-electron chi connectivity index (χ2n) is 4.40. The molecule has 1 N–H and O–H groups in total. The maximum absolute atomic E-state index is 5.71. The molecule has 0 spiro atoms. The van der Waals surface area contributed by atoms with E-state index in [2.05, 4.69) is 35.1 Å². The molecule has 1 rings (SSSR count). The van der Waals surface area contributed by atoms with Gasteiger partial charge in [0.15, 0.2) is 0 Å². The summed E-state index contributed by atoms with van der Waals surface area (Å²) in [4.78, 5) is 0. The molecule has 17 heavy (non-hydrogen) atoms. The van der Waals surface area contributed by atoms with E-state index in [1.54, 1.807) is 0 Å². The highest BCUT2D eigenvalue weighted by molar-refractivity contribution is 9.10. The van der Waals surface area contributed by atoms with Crippen molar-refractivity contribution in [3.63, 3.8) is 0 Å². The molecule has 0 aliphatic heterocycles. The second kappa shape index (κ2) is 8.54. The first-order chi connectivity index (χ1) is 8.22. The molecular formula is C14H22BrNO. The zero-order valence-electron chi connectivity index (χ0n) is 10.7. The van der Waals surface area contributed by atoms with Crippen LogP contribution in [0.25, 0.3) is 0 Å². The van der Waals surface area contributed by atoms with Crippen molar-refractivity contribution in [2.75, 3.05) is 19.7 Å². The van der Waals surface area contributed by atoms with E-state index in [0.717, 1.165) is 36.3 Å². The largest absolute Gasteiger partial charge is 0.494 e. The highest BCUT2D eigenvalue weighted by atomic mass is 79.9. The lowest BCUT2D eigenvalue weighted by Gasteiger charge is -2.13. The first kappa shape index (κ1) is 14.5. The van der Waals surface area contributed by atoms with Crippen molar-refractivity contribution >= 4 is 15.9 Å². The van der Waals surface area contributed by atoms with Crippen LogP contribution in [0.5, 0.6) is 5.75 Å². The summed E-state index contributed by atoms with van der Waals surface area (Å²) in [6, 6.07) is 7.99. The van der Waals surface area contributed by atoms with Crippen LogP contribution in [0.15, 0.2) is 28.7 Å². The Morgan fingerprint density at radius 1 is 1.41 bits per heavy atom. The fraction of sp³-hybridized carbons (Fsp3) is 0.571. The van der Waals surface area contributed by atoms with Crippen LogP contribution in [-0.2, 0) is 0 Å². The van der Waals surface area contributed by atoms with Crippen LogP contribution in [0.4, 0.5) is 0 Å². The molecule has 0 fully saturated rings. The predicted octanol–water partition coefficient (Wildman–Crippen LogP) is 3.85. The van der Waals surface area contributed by atoms with Gasteiger partial charge in [0.25, 0.3) is 0 Å². The summed E-state index contributed by atoms with van der Waals surface area (Å²) in [5.74, 6) is 1.60. The van der Waals surface area contributed by atoms with E-state index in [1.807, 2.05) is 24.3 Å². The van der Waals surface area contributed by atoms with Crippen molar-refractivity contribution < 1.29 is 4.74 Å². The third-order valence-electron chi connectivity index (χ3n) is 2.60. The monoisotopic (exact) mass is 299 g/mol. The summed E-state index contributed by atoms with van der Waals surface area (Å²) >= 11 is 3.44. The van der Waals surface area contributed by atoms with Crippen LogP contribution >= 0.6 is 15.9 Å². The van der Waals surface area contributed by atoms with Gasteiger partial charge in [-0.1, -0.05) is 35.8 Å². The minimum Gasteiger partial charge on any atom is -0.494 e. The molecule has 0 aliphatic rings. The maximum atomic E-state index is 5.71. The molecule has 0 aliphatic carbocycles. The van der Waals surface area contributed by atoms with Gasteiger partial charge in [0, 0.05) is 4.47 Å². The van der Waals surface area contributed by atoms with Gasteiger partial charge in [-0.25, -0.2) is 0 Å². The molecule has 3 heteroatoms. The first-order valence-corrected chi connectivity index (χ1v) is 7.10. The number of hydrogen-bond donors (Lipinski definition) is 1. The lowest BCUT2D eigenvalue weighted by molar-refractivity contribution is 0.281. The molecule has 1 unspecified atom stereocenters. The Kier molecular flexibility index (Phi) is 7.29. The van der Waals surface area contributed by atoms with Gasteiger partial charge in [-0.3, -0.25) is 0 Å². The molecule has 0 radical (unpaired) electrons. The first-order valence-electron chi connectivity index (χ1n) is 6.31. The summed E-state index contributed by atoms with van der Waals surface area (Å²) in [6.45, 7) is 7.42. The van der Waals surface area contributed by atoms with Crippen molar-refractivity contribution in [1.29, 1.82) is 0 Å². The van der Waals surface area contributed by atoms with Crippen molar-refractivity contribution in [2.45, 2.75) is 26.7 Å². The average Bonchev–Trinajstić information content (AvgIpc) is 2.29. The van der Waals surface area contributed by atoms with E-state index in [1.165, 1.54) is 6.42 Å². The highest BCUT2D eigenvalue weighted by Crippen LogP contribution is 2.18. The number of nitrogens with one attached hydrogen (secondary N) is 1. The quantitative estimate of drug-likeness (QED) is 0.736. The molecule has 1 aromatic rings. The topological polar surface area (TPSA) is 21.3 Å². The number of halogens is 1. The Labute approximate surface area is 113 Å². The van der Waals surface area contributed by atoms with Gasteiger partial charge in [-0.2, -0.15) is 0 Å². The Bertz CT molecular complexity index is 317. The van der Waals surface area contributed by atoms with Crippen molar-refractivity contribution in [1.82, 2.24) is 5.32 Å². The van der Waals surface area contributed by atoms with Gasteiger partial charge in [-0.15, -0.1) is 0 Å². The zero-order valence-corrected chi connectivity index (χ0v) is 12.3. The van der Waals surface area contributed by atoms with Gasteiger partial charge in [0.2, 0.25) is 0 Å². The molecular weight excluding hydrogens is 278 g/mol. The molecule has 0 aromatic heterocycles. The van der Waals surface area contributed by atoms with Crippen LogP contribution < -0.4 is 10.1 Å². The van der Waals surface area contributed by atoms with Gasteiger partial charge < -0.3 is 10.1 Å². The third kappa shape index (κ3) is 6.69. The predicted molar refractivity (Wildman–Crippen MR) is 76.6 cm³/mol. The Balaban J connectivity index is 2.14. The molecule has 96 valence electrons. The molecule has 0 saturated carbocycles. The smallest absolute Gasteiger partial charge is 0.120 e. The van der Waals surface area contributed by atoms with E-state index in [4.69, 9.17) is 4.74 Å². The average molecular weight is 300 g/mol. The summed E-state index contributed by atoms with van der Waals surface area (Å²) in [7, 11) is 0. The third-order valence-corrected chi connectivity index (χ3v) is 3.09. The standard InChI is InChI=1S/C14H22BrNO/c1-3-8-16-11-12(2)7-9-17-14-6-4-5-13(15)10-14/h4-6,10,12,16H,3,7-9,11H2,1-2H3. The van der Waals surface area contributed by atoms with Crippen LogP contribution in [-0.4, -0.2) is 19.7 Å². The van der Waals surface area contributed by atoms with E-state index < -0.39 is 0 Å². The highest BCUT2D eigenvalue weighted by Gasteiger charge is 2.02. The van der Waals surface area contributed by atoms with Crippen molar-refractivity contribution in [3.8, 4) is 5.75 Å². The van der Waals surface area contributed by atoms with Gasteiger partial charge >= 0.3 is 0 Å². The van der Waals surface area contributed by atoms with Gasteiger partial charge in [-0.05, 0) is 50.0 Å². The zero-order chi connectivity index (χ0) is 12.5. The lowest BCUT2D eigenvalue weighted by atomic mass is 10.1. The maximum Gasteiger partial charge on any atom is 0.120 e. The molecule has 1 aromatic carbocycles. The second-order valence-corrected chi connectivity index (χ2v) is 5.32. The van der Waals surface area contributed by atoms with E-state index in [-0.39, 0.29) is 0 Å². The summed E-state index contributed by atoms with van der Waals surface area (Å²) in [6.07, 6.45) is 2.28. The van der Waals surface area contributed by atoms with E-state index in [9.17, 15) is 0 Å². The van der Waals surface area contributed by atoms with Crippen molar-refractivity contribution in [2.24, 2.45) is 5.92 Å². The van der Waals surface area contributed by atoms with Crippen molar-refractivity contribution in [3.05, 3.63) is 28.7 Å². The number of benzene rings is 1.